The van der Waals surface area contributed by atoms with Crippen LogP contribution in [0.4, 0.5) is 0 Å². The molecule has 0 aliphatic rings. The quantitative estimate of drug-likeness (QED) is 0.808. The number of rotatable bonds is 6. The van der Waals surface area contributed by atoms with Crippen molar-refractivity contribution >= 4 is 11.8 Å². The van der Waals surface area contributed by atoms with Crippen molar-refractivity contribution < 1.29 is 24.2 Å². The van der Waals surface area contributed by atoms with Crippen LogP contribution < -0.4 is 4.74 Å². The number of aromatic nitrogens is 2. The molecule has 0 spiro atoms. The Balaban J connectivity index is 2.41. The highest BCUT2D eigenvalue weighted by Crippen LogP contribution is 2.17. The zero-order chi connectivity index (χ0) is 16.1. The highest BCUT2D eigenvalue weighted by atomic mass is 16.5. The first-order valence-corrected chi connectivity index (χ1v) is 6.33. The summed E-state index contributed by atoms with van der Waals surface area (Å²) in [6.45, 7) is 0.0668. The summed E-state index contributed by atoms with van der Waals surface area (Å²) in [6, 6.07) is 6.34. The number of hydrogen-bond acceptors (Lipinski definition) is 6. The van der Waals surface area contributed by atoms with Crippen molar-refractivity contribution in [2.24, 2.45) is 0 Å². The molecule has 1 aromatic carbocycles. The van der Waals surface area contributed by atoms with Crippen molar-refractivity contribution in [3.8, 4) is 5.75 Å². The highest BCUT2D eigenvalue weighted by Gasteiger charge is 2.21. The minimum absolute atomic E-state index is 0.0668. The topological polar surface area (TPSA) is 98.6 Å². The number of hydrogen-bond donors (Lipinski definition) is 1. The number of aromatic carboxylic acids is 1. The molecule has 0 amide bonds. The van der Waals surface area contributed by atoms with Gasteiger partial charge in [-0.15, -0.1) is 0 Å². The lowest BCUT2D eigenvalue weighted by Crippen LogP contribution is -2.15. The van der Waals surface area contributed by atoms with Crippen LogP contribution in [0.25, 0.3) is 0 Å². The zero-order valence-electron chi connectivity index (χ0n) is 12.1. The normalized spacial score (nSPS) is 10.3. The van der Waals surface area contributed by atoms with Crippen molar-refractivity contribution in [1.29, 1.82) is 0 Å². The van der Waals surface area contributed by atoms with Gasteiger partial charge in [0.2, 0.25) is 0 Å². The Kier molecular flexibility index (Phi) is 4.80. The first-order chi connectivity index (χ1) is 10.6. The minimum Gasteiger partial charge on any atom is -0.497 e. The monoisotopic (exact) mass is 302 g/mol. The average molecular weight is 302 g/mol. The second-order valence-electron chi connectivity index (χ2n) is 4.34. The molecule has 1 aromatic heterocycles. The van der Waals surface area contributed by atoms with Crippen molar-refractivity contribution in [2.75, 3.05) is 14.2 Å². The highest BCUT2D eigenvalue weighted by molar-refractivity contribution is 6.13. The Labute approximate surface area is 126 Å². The van der Waals surface area contributed by atoms with E-state index < -0.39 is 11.8 Å². The standard InChI is InChI=1S/C15H14N2O5/c1-21-8-12-16-7-11(13(17-12)15(19)20)14(18)9-3-5-10(22-2)6-4-9/h3-7H,8H2,1-2H3,(H,19,20). The molecular weight excluding hydrogens is 288 g/mol. The summed E-state index contributed by atoms with van der Waals surface area (Å²) >= 11 is 0. The third-order valence-corrected chi connectivity index (χ3v) is 2.91. The summed E-state index contributed by atoms with van der Waals surface area (Å²) in [5.41, 5.74) is -0.0909. The number of ketones is 1. The van der Waals surface area contributed by atoms with Crippen LogP contribution in [0.15, 0.2) is 30.5 Å². The van der Waals surface area contributed by atoms with Crippen LogP contribution in [0.2, 0.25) is 0 Å². The van der Waals surface area contributed by atoms with Crippen LogP contribution in [0.5, 0.6) is 5.75 Å². The van der Waals surface area contributed by atoms with Gasteiger partial charge in [0.05, 0.1) is 12.7 Å². The van der Waals surface area contributed by atoms with Crippen molar-refractivity contribution in [1.82, 2.24) is 9.97 Å². The molecule has 1 N–H and O–H groups in total. The van der Waals surface area contributed by atoms with E-state index in [0.29, 0.717) is 11.3 Å². The summed E-state index contributed by atoms with van der Waals surface area (Å²) in [4.78, 5) is 31.5. The maximum absolute atomic E-state index is 12.4. The average Bonchev–Trinajstić information content (AvgIpc) is 2.54. The summed E-state index contributed by atoms with van der Waals surface area (Å²) in [6.07, 6.45) is 1.21. The van der Waals surface area contributed by atoms with Gasteiger partial charge in [-0.2, -0.15) is 0 Å². The van der Waals surface area contributed by atoms with Crippen LogP contribution in [0, 0.1) is 0 Å². The summed E-state index contributed by atoms with van der Waals surface area (Å²) < 4.78 is 9.87. The lowest BCUT2D eigenvalue weighted by molar-refractivity contribution is 0.0684. The zero-order valence-corrected chi connectivity index (χ0v) is 12.1. The van der Waals surface area contributed by atoms with Gasteiger partial charge in [0.25, 0.3) is 0 Å². The molecule has 1 heterocycles. The fourth-order valence-electron chi connectivity index (χ4n) is 1.84. The molecule has 0 saturated carbocycles. The van der Waals surface area contributed by atoms with Gasteiger partial charge in [0, 0.05) is 18.9 Å². The van der Waals surface area contributed by atoms with E-state index in [2.05, 4.69) is 9.97 Å². The fraction of sp³-hybridized carbons (Fsp3) is 0.200. The van der Waals surface area contributed by atoms with Gasteiger partial charge in [-0.3, -0.25) is 4.79 Å². The van der Waals surface area contributed by atoms with Gasteiger partial charge < -0.3 is 14.6 Å². The smallest absolute Gasteiger partial charge is 0.355 e. The first-order valence-electron chi connectivity index (χ1n) is 6.33. The number of nitrogens with zero attached hydrogens (tertiary/aromatic N) is 2. The maximum Gasteiger partial charge on any atom is 0.355 e. The van der Waals surface area contributed by atoms with Crippen molar-refractivity contribution in [2.45, 2.75) is 6.61 Å². The number of carbonyl (C=O) groups excluding carboxylic acids is 1. The van der Waals surface area contributed by atoms with Gasteiger partial charge >= 0.3 is 5.97 Å². The van der Waals surface area contributed by atoms with E-state index in [0.717, 1.165) is 0 Å². The van der Waals surface area contributed by atoms with Crippen LogP contribution in [0.3, 0.4) is 0 Å². The summed E-state index contributed by atoms with van der Waals surface area (Å²) in [5.74, 6) is -0.964. The third-order valence-electron chi connectivity index (χ3n) is 2.91. The molecule has 2 aromatic rings. The molecule has 7 heteroatoms. The Hall–Kier alpha value is -2.80. The van der Waals surface area contributed by atoms with Gasteiger partial charge in [0.1, 0.15) is 12.4 Å². The molecule has 0 radical (unpaired) electrons. The second kappa shape index (κ2) is 6.77. The molecule has 0 aliphatic carbocycles. The van der Waals surface area contributed by atoms with E-state index >= 15 is 0 Å². The first kappa shape index (κ1) is 15.6. The molecule has 114 valence electrons. The van der Waals surface area contributed by atoms with E-state index in [4.69, 9.17) is 9.47 Å². The van der Waals surface area contributed by atoms with Gasteiger partial charge in [-0.1, -0.05) is 0 Å². The van der Waals surface area contributed by atoms with E-state index in [1.807, 2.05) is 0 Å². The summed E-state index contributed by atoms with van der Waals surface area (Å²) in [5, 5.41) is 9.23. The molecule has 2 rings (SSSR count). The molecule has 0 bridgehead atoms. The molecule has 0 unspecified atom stereocenters. The van der Waals surface area contributed by atoms with Crippen LogP contribution in [0.1, 0.15) is 32.2 Å². The Morgan fingerprint density at radius 3 is 2.41 bits per heavy atom. The predicted octanol–water partition coefficient (Wildman–Crippen LogP) is 1.56. The van der Waals surface area contributed by atoms with E-state index in [-0.39, 0.29) is 23.7 Å². The lowest BCUT2D eigenvalue weighted by Gasteiger charge is -2.07. The SMILES string of the molecule is COCc1ncc(C(=O)c2ccc(OC)cc2)c(C(=O)O)n1. The molecular formula is C15H14N2O5. The molecule has 0 fully saturated rings. The largest absolute Gasteiger partial charge is 0.497 e. The van der Waals surface area contributed by atoms with Crippen LogP contribution >= 0.6 is 0 Å². The molecule has 22 heavy (non-hydrogen) atoms. The lowest BCUT2D eigenvalue weighted by atomic mass is 10.0. The molecule has 7 nitrogen and oxygen atoms in total. The molecule has 0 atom stereocenters. The molecule has 0 saturated heterocycles. The fourth-order valence-corrected chi connectivity index (χ4v) is 1.84. The third kappa shape index (κ3) is 3.26. The molecule has 0 aliphatic heterocycles. The maximum atomic E-state index is 12.4. The Morgan fingerprint density at radius 2 is 1.86 bits per heavy atom. The number of benzene rings is 1. The predicted molar refractivity (Wildman–Crippen MR) is 76.1 cm³/mol. The minimum atomic E-state index is -1.29. The van der Waals surface area contributed by atoms with Crippen molar-refractivity contribution in [3.05, 3.63) is 53.1 Å². The number of carboxylic acid groups (broad SMARTS) is 1. The summed E-state index contributed by atoms with van der Waals surface area (Å²) in [7, 11) is 2.96. The van der Waals surface area contributed by atoms with Crippen molar-refractivity contribution in [3.63, 3.8) is 0 Å². The van der Waals surface area contributed by atoms with Gasteiger partial charge in [-0.25, -0.2) is 14.8 Å². The van der Waals surface area contributed by atoms with E-state index in [1.165, 1.54) is 20.4 Å². The van der Waals surface area contributed by atoms with Gasteiger partial charge in [0.15, 0.2) is 17.3 Å². The van der Waals surface area contributed by atoms with E-state index in [9.17, 15) is 14.7 Å². The second-order valence-corrected chi connectivity index (χ2v) is 4.34. The Morgan fingerprint density at radius 1 is 1.18 bits per heavy atom. The number of methoxy groups -OCH3 is 2. The van der Waals surface area contributed by atoms with Gasteiger partial charge in [-0.05, 0) is 24.3 Å². The number of carboxylic acids is 1. The Bertz CT molecular complexity index is 698. The number of ether oxygens (including phenoxy) is 2. The number of carbonyl (C=O) groups is 2. The van der Waals surface area contributed by atoms with Crippen LogP contribution in [-0.2, 0) is 11.3 Å². The van der Waals surface area contributed by atoms with E-state index in [1.54, 1.807) is 24.3 Å². The van der Waals surface area contributed by atoms with Crippen LogP contribution in [-0.4, -0.2) is 41.0 Å².